The first-order valence-corrected chi connectivity index (χ1v) is 6.25. The maximum Gasteiger partial charge on any atom is 0.251 e. The summed E-state index contributed by atoms with van der Waals surface area (Å²) in [6, 6.07) is 9.32. The summed E-state index contributed by atoms with van der Waals surface area (Å²) in [5.74, 6) is 0.761. The highest BCUT2D eigenvalue weighted by molar-refractivity contribution is 5.80. The van der Waals surface area contributed by atoms with E-state index < -0.39 is 0 Å². The molecule has 0 N–H and O–H groups in total. The Morgan fingerprint density at radius 1 is 1.26 bits per heavy atom. The van der Waals surface area contributed by atoms with E-state index in [1.165, 1.54) is 4.68 Å². The van der Waals surface area contributed by atoms with Gasteiger partial charge in [-0.3, -0.25) is 4.79 Å². The van der Waals surface area contributed by atoms with Crippen molar-refractivity contribution < 1.29 is 9.53 Å². The summed E-state index contributed by atoms with van der Waals surface area (Å²) in [6.07, 6.45) is 3.58. The predicted octanol–water partition coefficient (Wildman–Crippen LogP) is 2.94. The van der Waals surface area contributed by atoms with Crippen molar-refractivity contribution >= 4 is 5.91 Å². The van der Waals surface area contributed by atoms with Gasteiger partial charge in [0.1, 0.15) is 11.4 Å². The first kappa shape index (κ1) is 13.3. The monoisotopic (exact) mass is 258 g/mol. The number of hydrogen-bond acceptors (Lipinski definition) is 3. The van der Waals surface area contributed by atoms with Crippen LogP contribution >= 0.6 is 0 Å². The topological polar surface area (TPSA) is 44.1 Å². The number of benzene rings is 1. The number of carbonyl (C=O) groups excluding carboxylic acids is 1. The number of ether oxygens (including phenoxy) is 1. The molecule has 100 valence electrons. The molecule has 2 aromatic rings. The molecule has 0 amide bonds. The van der Waals surface area contributed by atoms with Crippen molar-refractivity contribution in [2.75, 3.05) is 0 Å². The van der Waals surface area contributed by atoms with E-state index in [9.17, 15) is 4.79 Å². The molecule has 0 saturated carbocycles. The molecule has 1 aromatic heterocycles. The molecular formula is C15H18N2O2. The van der Waals surface area contributed by atoms with Gasteiger partial charge in [0.15, 0.2) is 0 Å². The van der Waals surface area contributed by atoms with Crippen LogP contribution in [0.3, 0.4) is 0 Å². The molecular weight excluding hydrogens is 240 g/mol. The van der Waals surface area contributed by atoms with Crippen LogP contribution in [0.15, 0.2) is 42.7 Å². The zero-order chi connectivity index (χ0) is 13.9. The van der Waals surface area contributed by atoms with Gasteiger partial charge in [0.2, 0.25) is 0 Å². The Morgan fingerprint density at radius 3 is 2.47 bits per heavy atom. The largest absolute Gasteiger partial charge is 0.488 e. The Balaban J connectivity index is 2.01. The molecule has 0 atom stereocenters. The van der Waals surface area contributed by atoms with Crippen LogP contribution in [0, 0.1) is 0 Å². The van der Waals surface area contributed by atoms with Crippen LogP contribution in [0.2, 0.25) is 0 Å². The number of nitrogens with zero attached hydrogens (tertiary/aromatic N) is 2. The Kier molecular flexibility index (Phi) is 3.69. The molecule has 1 aromatic carbocycles. The molecule has 0 radical (unpaired) electrons. The Labute approximate surface area is 113 Å². The average Bonchev–Trinajstić information content (AvgIpc) is 2.83. The van der Waals surface area contributed by atoms with Gasteiger partial charge in [-0.1, -0.05) is 12.1 Å². The van der Waals surface area contributed by atoms with Gasteiger partial charge in [-0.05, 0) is 44.5 Å². The molecule has 0 aliphatic heterocycles. The quantitative estimate of drug-likeness (QED) is 0.850. The maximum absolute atomic E-state index is 11.9. The molecule has 4 nitrogen and oxygen atoms in total. The lowest BCUT2D eigenvalue weighted by molar-refractivity contribution is 0.0898. The molecule has 1 heterocycles. The minimum absolute atomic E-state index is 0.0468. The van der Waals surface area contributed by atoms with Crippen molar-refractivity contribution in [3.8, 4) is 5.75 Å². The molecule has 0 bridgehead atoms. The lowest BCUT2D eigenvalue weighted by Crippen LogP contribution is -2.22. The molecule has 0 aliphatic rings. The zero-order valence-electron chi connectivity index (χ0n) is 11.5. The summed E-state index contributed by atoms with van der Waals surface area (Å²) in [4.78, 5) is 11.9. The third-order valence-corrected chi connectivity index (χ3v) is 2.46. The molecule has 0 saturated heterocycles. The minimum Gasteiger partial charge on any atom is -0.488 e. The maximum atomic E-state index is 11.9. The van der Waals surface area contributed by atoms with E-state index in [-0.39, 0.29) is 11.5 Å². The lowest BCUT2D eigenvalue weighted by atomic mass is 10.1. The summed E-state index contributed by atoms with van der Waals surface area (Å²) in [7, 11) is 0. The van der Waals surface area contributed by atoms with Gasteiger partial charge < -0.3 is 4.74 Å². The van der Waals surface area contributed by atoms with Crippen molar-refractivity contribution in [3.05, 3.63) is 48.3 Å². The predicted molar refractivity (Wildman–Crippen MR) is 73.4 cm³/mol. The summed E-state index contributed by atoms with van der Waals surface area (Å²) in [5, 5.41) is 3.92. The summed E-state index contributed by atoms with van der Waals surface area (Å²) in [5.41, 5.74) is 0.730. The van der Waals surface area contributed by atoms with E-state index in [1.54, 1.807) is 18.5 Å². The number of carbonyl (C=O) groups is 1. The van der Waals surface area contributed by atoms with E-state index in [0.717, 1.165) is 11.3 Å². The van der Waals surface area contributed by atoms with Crippen LogP contribution in [0.1, 0.15) is 31.1 Å². The molecule has 0 unspecified atom stereocenters. The molecule has 4 heteroatoms. The number of hydrogen-bond donors (Lipinski definition) is 0. The molecule has 2 rings (SSSR count). The number of rotatable bonds is 3. The highest BCUT2D eigenvalue weighted by atomic mass is 16.5. The second-order valence-corrected chi connectivity index (χ2v) is 5.38. The minimum atomic E-state index is -0.216. The standard InChI is InChI=1S/C15H18N2O2/c1-15(2,3)19-13-7-5-12(6-8-13)11-14(18)17-10-4-9-16-17/h4-10H,11H2,1-3H3. The van der Waals surface area contributed by atoms with E-state index in [0.29, 0.717) is 6.42 Å². The Hall–Kier alpha value is -2.10. The van der Waals surface area contributed by atoms with Crippen molar-refractivity contribution in [1.29, 1.82) is 0 Å². The SMILES string of the molecule is CC(C)(C)Oc1ccc(CC(=O)n2cccn2)cc1. The summed E-state index contributed by atoms with van der Waals surface area (Å²) < 4.78 is 7.08. The van der Waals surface area contributed by atoms with Crippen molar-refractivity contribution in [2.45, 2.75) is 32.8 Å². The molecule has 0 aliphatic carbocycles. The fourth-order valence-corrected chi connectivity index (χ4v) is 1.70. The Morgan fingerprint density at radius 2 is 1.95 bits per heavy atom. The van der Waals surface area contributed by atoms with Crippen LogP contribution in [0.5, 0.6) is 5.75 Å². The number of aromatic nitrogens is 2. The van der Waals surface area contributed by atoms with Crippen LogP contribution in [0.25, 0.3) is 0 Å². The van der Waals surface area contributed by atoms with Gasteiger partial charge >= 0.3 is 0 Å². The van der Waals surface area contributed by atoms with Gasteiger partial charge in [-0.2, -0.15) is 5.10 Å². The smallest absolute Gasteiger partial charge is 0.251 e. The molecule has 0 spiro atoms. The van der Waals surface area contributed by atoms with Crippen LogP contribution in [-0.4, -0.2) is 21.3 Å². The summed E-state index contributed by atoms with van der Waals surface area (Å²) in [6.45, 7) is 6.01. The van der Waals surface area contributed by atoms with Crippen molar-refractivity contribution in [2.24, 2.45) is 0 Å². The average molecular weight is 258 g/mol. The van der Waals surface area contributed by atoms with Gasteiger partial charge in [0.05, 0.1) is 6.42 Å². The molecule has 0 fully saturated rings. The molecule has 19 heavy (non-hydrogen) atoms. The third kappa shape index (κ3) is 3.95. The van der Waals surface area contributed by atoms with Crippen LogP contribution < -0.4 is 4.74 Å². The van der Waals surface area contributed by atoms with Gasteiger partial charge in [0.25, 0.3) is 5.91 Å². The highest BCUT2D eigenvalue weighted by Crippen LogP contribution is 2.18. The van der Waals surface area contributed by atoms with Crippen molar-refractivity contribution in [1.82, 2.24) is 9.78 Å². The zero-order valence-corrected chi connectivity index (χ0v) is 11.5. The van der Waals surface area contributed by atoms with E-state index in [4.69, 9.17) is 4.74 Å². The fraction of sp³-hybridized carbons (Fsp3) is 0.333. The van der Waals surface area contributed by atoms with E-state index in [1.807, 2.05) is 45.0 Å². The van der Waals surface area contributed by atoms with Crippen LogP contribution in [0.4, 0.5) is 0 Å². The van der Waals surface area contributed by atoms with Crippen LogP contribution in [-0.2, 0) is 6.42 Å². The second-order valence-electron chi connectivity index (χ2n) is 5.38. The first-order valence-electron chi connectivity index (χ1n) is 6.25. The highest BCUT2D eigenvalue weighted by Gasteiger charge is 2.12. The second kappa shape index (κ2) is 5.26. The summed E-state index contributed by atoms with van der Waals surface area (Å²) >= 11 is 0. The normalized spacial score (nSPS) is 11.3. The third-order valence-electron chi connectivity index (χ3n) is 2.46. The van der Waals surface area contributed by atoms with E-state index >= 15 is 0 Å². The van der Waals surface area contributed by atoms with Crippen molar-refractivity contribution in [3.63, 3.8) is 0 Å². The first-order chi connectivity index (χ1) is 8.94. The fourth-order valence-electron chi connectivity index (χ4n) is 1.70. The van der Waals surface area contributed by atoms with Gasteiger partial charge in [0, 0.05) is 12.4 Å². The lowest BCUT2D eigenvalue weighted by Gasteiger charge is -2.21. The van der Waals surface area contributed by atoms with Gasteiger partial charge in [-0.15, -0.1) is 0 Å². The Bertz CT molecular complexity index is 537. The van der Waals surface area contributed by atoms with E-state index in [2.05, 4.69) is 5.10 Å². The van der Waals surface area contributed by atoms with Gasteiger partial charge in [-0.25, -0.2) is 4.68 Å².